The maximum absolute atomic E-state index is 13.1. The highest BCUT2D eigenvalue weighted by Crippen LogP contribution is 2.32. The first-order valence-corrected chi connectivity index (χ1v) is 6.34. The predicted molar refractivity (Wildman–Crippen MR) is 71.6 cm³/mol. The molecule has 0 amide bonds. The summed E-state index contributed by atoms with van der Waals surface area (Å²) in [7, 11) is 1.56. The van der Waals surface area contributed by atoms with Gasteiger partial charge in [-0.2, -0.15) is 0 Å². The normalized spacial score (nSPS) is 22.6. The average Bonchev–Trinajstić information content (AvgIpc) is 2.33. The van der Waals surface area contributed by atoms with E-state index in [4.69, 9.17) is 4.74 Å². The lowest BCUT2D eigenvalue weighted by molar-refractivity contribution is 0.236. The molecule has 18 heavy (non-hydrogen) atoms. The molecule has 0 aromatic heterocycles. The second-order valence-electron chi connectivity index (χ2n) is 5.50. The Balaban J connectivity index is 2.17. The molecule has 0 saturated carbocycles. The van der Waals surface area contributed by atoms with Crippen LogP contribution in [-0.2, 0) is 0 Å². The molecule has 1 unspecified atom stereocenters. The quantitative estimate of drug-likeness (QED) is 0.867. The van der Waals surface area contributed by atoms with Crippen LogP contribution >= 0.6 is 0 Å². The van der Waals surface area contributed by atoms with Crippen molar-refractivity contribution in [1.82, 2.24) is 5.32 Å². The van der Waals surface area contributed by atoms with Crippen molar-refractivity contribution in [2.75, 3.05) is 25.5 Å². The summed E-state index contributed by atoms with van der Waals surface area (Å²) in [5, 5.41) is 6.88. The molecule has 1 heterocycles. The number of rotatable bonds is 3. The Kier molecular flexibility index (Phi) is 3.76. The van der Waals surface area contributed by atoms with E-state index in [0.29, 0.717) is 11.8 Å². The standard InChI is InChI=1S/C14H21FN2O/c1-14(2)9-16-7-6-13(14)17-11-5-4-10(15)8-12(11)18-3/h4-5,8,13,16-17H,6-7,9H2,1-3H3. The van der Waals surface area contributed by atoms with Crippen molar-refractivity contribution in [2.24, 2.45) is 5.41 Å². The van der Waals surface area contributed by atoms with E-state index in [9.17, 15) is 4.39 Å². The Bertz CT molecular complexity index is 420. The number of ether oxygens (including phenoxy) is 1. The van der Waals surface area contributed by atoms with E-state index in [1.54, 1.807) is 13.2 Å². The van der Waals surface area contributed by atoms with Gasteiger partial charge in [-0.15, -0.1) is 0 Å². The summed E-state index contributed by atoms with van der Waals surface area (Å²) in [5.41, 5.74) is 1.02. The lowest BCUT2D eigenvalue weighted by Crippen LogP contribution is -2.49. The van der Waals surface area contributed by atoms with Crippen LogP contribution in [0.3, 0.4) is 0 Å². The number of methoxy groups -OCH3 is 1. The molecule has 1 aliphatic heterocycles. The molecule has 0 spiro atoms. The Morgan fingerprint density at radius 1 is 1.44 bits per heavy atom. The van der Waals surface area contributed by atoms with Crippen LogP contribution in [0.2, 0.25) is 0 Å². The predicted octanol–water partition coefficient (Wildman–Crippen LogP) is 2.63. The molecule has 0 bridgehead atoms. The Labute approximate surface area is 108 Å². The Hall–Kier alpha value is -1.29. The molecule has 1 atom stereocenters. The molecule has 100 valence electrons. The van der Waals surface area contributed by atoms with Crippen LogP contribution in [0.15, 0.2) is 18.2 Å². The lowest BCUT2D eigenvalue weighted by atomic mass is 9.80. The zero-order chi connectivity index (χ0) is 13.2. The molecular weight excluding hydrogens is 231 g/mol. The van der Waals surface area contributed by atoms with E-state index >= 15 is 0 Å². The van der Waals surface area contributed by atoms with Gasteiger partial charge in [-0.1, -0.05) is 13.8 Å². The van der Waals surface area contributed by atoms with Gasteiger partial charge in [0.2, 0.25) is 0 Å². The lowest BCUT2D eigenvalue weighted by Gasteiger charge is -2.40. The van der Waals surface area contributed by atoms with E-state index < -0.39 is 0 Å². The van der Waals surface area contributed by atoms with E-state index in [1.807, 2.05) is 0 Å². The van der Waals surface area contributed by atoms with Crippen LogP contribution in [0.4, 0.5) is 10.1 Å². The monoisotopic (exact) mass is 252 g/mol. The third-order valence-electron chi connectivity index (χ3n) is 3.63. The highest BCUT2D eigenvalue weighted by Gasteiger charge is 2.32. The van der Waals surface area contributed by atoms with Gasteiger partial charge in [0.15, 0.2) is 0 Å². The summed E-state index contributed by atoms with van der Waals surface area (Å²) < 4.78 is 18.4. The van der Waals surface area contributed by atoms with Gasteiger partial charge in [-0.3, -0.25) is 0 Å². The molecule has 2 rings (SSSR count). The van der Waals surface area contributed by atoms with Gasteiger partial charge in [0, 0.05) is 18.7 Å². The second-order valence-corrected chi connectivity index (χ2v) is 5.50. The molecule has 0 aliphatic carbocycles. The molecule has 1 aromatic carbocycles. The van der Waals surface area contributed by atoms with Crippen molar-refractivity contribution < 1.29 is 9.13 Å². The highest BCUT2D eigenvalue weighted by atomic mass is 19.1. The molecule has 4 heteroatoms. The van der Waals surface area contributed by atoms with Crippen LogP contribution in [0.25, 0.3) is 0 Å². The number of hydrogen-bond acceptors (Lipinski definition) is 3. The smallest absolute Gasteiger partial charge is 0.144 e. The van der Waals surface area contributed by atoms with Gasteiger partial charge in [0.1, 0.15) is 11.6 Å². The fraction of sp³-hybridized carbons (Fsp3) is 0.571. The number of nitrogens with one attached hydrogen (secondary N) is 2. The Morgan fingerprint density at radius 2 is 2.22 bits per heavy atom. The first-order valence-electron chi connectivity index (χ1n) is 6.34. The van der Waals surface area contributed by atoms with Crippen LogP contribution in [0.5, 0.6) is 5.75 Å². The number of piperidine rings is 1. The molecule has 1 saturated heterocycles. The minimum Gasteiger partial charge on any atom is -0.494 e. The van der Waals surface area contributed by atoms with Crippen LogP contribution in [0, 0.1) is 11.2 Å². The topological polar surface area (TPSA) is 33.3 Å². The zero-order valence-corrected chi connectivity index (χ0v) is 11.2. The van der Waals surface area contributed by atoms with Gasteiger partial charge in [0.25, 0.3) is 0 Å². The summed E-state index contributed by atoms with van der Waals surface area (Å²) in [5.74, 6) is 0.284. The van der Waals surface area contributed by atoms with Crippen molar-refractivity contribution in [2.45, 2.75) is 26.3 Å². The summed E-state index contributed by atoms with van der Waals surface area (Å²) in [6.07, 6.45) is 1.05. The van der Waals surface area contributed by atoms with Crippen molar-refractivity contribution in [1.29, 1.82) is 0 Å². The van der Waals surface area contributed by atoms with Gasteiger partial charge in [-0.25, -0.2) is 4.39 Å². The number of hydrogen-bond donors (Lipinski definition) is 2. The van der Waals surface area contributed by atoms with Crippen LogP contribution in [-0.4, -0.2) is 26.2 Å². The number of anilines is 1. The third kappa shape index (κ3) is 2.75. The summed E-state index contributed by atoms with van der Waals surface area (Å²) >= 11 is 0. The molecule has 2 N–H and O–H groups in total. The van der Waals surface area contributed by atoms with Gasteiger partial charge >= 0.3 is 0 Å². The molecule has 0 radical (unpaired) electrons. The fourth-order valence-electron chi connectivity index (χ4n) is 2.41. The minimum atomic E-state index is -0.276. The molecule has 1 aromatic rings. The third-order valence-corrected chi connectivity index (χ3v) is 3.63. The molecule has 3 nitrogen and oxygen atoms in total. The summed E-state index contributed by atoms with van der Waals surface area (Å²) in [6.45, 7) is 6.44. The van der Waals surface area contributed by atoms with Crippen molar-refractivity contribution in [3.63, 3.8) is 0 Å². The van der Waals surface area contributed by atoms with Gasteiger partial charge in [0.05, 0.1) is 12.8 Å². The first kappa shape index (κ1) is 13.1. The van der Waals surface area contributed by atoms with E-state index in [-0.39, 0.29) is 11.2 Å². The van der Waals surface area contributed by atoms with E-state index in [0.717, 1.165) is 25.2 Å². The maximum Gasteiger partial charge on any atom is 0.144 e. The van der Waals surface area contributed by atoms with E-state index in [1.165, 1.54) is 12.1 Å². The van der Waals surface area contributed by atoms with Crippen LogP contribution in [0.1, 0.15) is 20.3 Å². The Morgan fingerprint density at radius 3 is 2.89 bits per heavy atom. The van der Waals surface area contributed by atoms with Crippen molar-refractivity contribution in [3.05, 3.63) is 24.0 Å². The fourth-order valence-corrected chi connectivity index (χ4v) is 2.41. The minimum absolute atomic E-state index is 0.164. The van der Waals surface area contributed by atoms with Gasteiger partial charge in [-0.05, 0) is 30.5 Å². The number of benzene rings is 1. The number of halogens is 1. The van der Waals surface area contributed by atoms with Crippen molar-refractivity contribution in [3.8, 4) is 5.75 Å². The molecule has 1 fully saturated rings. The maximum atomic E-state index is 13.1. The SMILES string of the molecule is COc1cc(F)ccc1NC1CCNCC1(C)C. The van der Waals surface area contributed by atoms with Gasteiger partial charge < -0.3 is 15.4 Å². The van der Waals surface area contributed by atoms with Crippen LogP contribution < -0.4 is 15.4 Å². The highest BCUT2D eigenvalue weighted by molar-refractivity contribution is 5.57. The van der Waals surface area contributed by atoms with E-state index in [2.05, 4.69) is 24.5 Å². The molecular formula is C14H21FN2O. The second kappa shape index (κ2) is 5.14. The average molecular weight is 252 g/mol. The molecule has 1 aliphatic rings. The van der Waals surface area contributed by atoms with Crippen molar-refractivity contribution >= 4 is 5.69 Å². The largest absolute Gasteiger partial charge is 0.494 e. The zero-order valence-electron chi connectivity index (χ0n) is 11.2. The first-order chi connectivity index (χ1) is 8.53. The summed E-state index contributed by atoms with van der Waals surface area (Å²) in [6, 6.07) is 4.97. The summed E-state index contributed by atoms with van der Waals surface area (Å²) in [4.78, 5) is 0.